The first-order valence-electron chi connectivity index (χ1n) is 7.06. The molecule has 0 aliphatic carbocycles. The number of thiol groups is 1. The molecule has 132 valence electrons. The first-order chi connectivity index (χ1) is 10.6. The standard InChI is InChI=1S/C13H24N4O5S/c1-6(2)10(13(21)22)17-9(18)4-15-11(19)7(3)16-12(20)8(14)5-23/h6-8,10,23H,4-5,14H2,1-3H3,(H,15,19)(H,16,20)(H,17,18)(H,21,22). The van der Waals surface area contributed by atoms with Crippen molar-refractivity contribution in [3.05, 3.63) is 0 Å². The fraction of sp³-hybridized carbons (Fsp3) is 0.692. The first-order valence-corrected chi connectivity index (χ1v) is 7.70. The van der Waals surface area contributed by atoms with Crippen LogP contribution in [0.1, 0.15) is 20.8 Å². The third-order valence-electron chi connectivity index (χ3n) is 2.96. The number of carboxylic acid groups (broad SMARTS) is 1. The summed E-state index contributed by atoms with van der Waals surface area (Å²) in [6, 6.07) is -2.76. The summed E-state index contributed by atoms with van der Waals surface area (Å²) in [5, 5.41) is 16.0. The van der Waals surface area contributed by atoms with Gasteiger partial charge in [0.05, 0.1) is 12.6 Å². The summed E-state index contributed by atoms with van der Waals surface area (Å²) in [5.74, 6) is -3.07. The highest BCUT2D eigenvalue weighted by Crippen LogP contribution is 2.01. The van der Waals surface area contributed by atoms with Gasteiger partial charge in [0.2, 0.25) is 17.7 Å². The summed E-state index contributed by atoms with van der Waals surface area (Å²) < 4.78 is 0. The van der Waals surface area contributed by atoms with Crippen molar-refractivity contribution >= 4 is 36.3 Å². The van der Waals surface area contributed by atoms with E-state index in [9.17, 15) is 19.2 Å². The lowest BCUT2D eigenvalue weighted by Gasteiger charge is -2.19. The molecule has 0 bridgehead atoms. The van der Waals surface area contributed by atoms with E-state index in [-0.39, 0.29) is 11.7 Å². The zero-order valence-electron chi connectivity index (χ0n) is 13.3. The summed E-state index contributed by atoms with van der Waals surface area (Å²) in [6.45, 7) is 4.35. The minimum absolute atomic E-state index is 0.133. The molecule has 3 unspecified atom stereocenters. The Morgan fingerprint density at radius 1 is 1.09 bits per heavy atom. The molecule has 23 heavy (non-hydrogen) atoms. The van der Waals surface area contributed by atoms with Crippen molar-refractivity contribution in [3.63, 3.8) is 0 Å². The predicted molar refractivity (Wildman–Crippen MR) is 86.8 cm³/mol. The lowest BCUT2D eigenvalue weighted by atomic mass is 10.1. The second-order valence-corrected chi connectivity index (χ2v) is 5.73. The average Bonchev–Trinajstić information content (AvgIpc) is 2.48. The number of aliphatic carboxylic acids is 1. The molecule has 0 aliphatic rings. The maximum Gasteiger partial charge on any atom is 0.326 e. The Morgan fingerprint density at radius 2 is 1.65 bits per heavy atom. The number of hydrogen-bond acceptors (Lipinski definition) is 6. The highest BCUT2D eigenvalue weighted by atomic mass is 32.1. The zero-order valence-corrected chi connectivity index (χ0v) is 14.2. The summed E-state index contributed by atoms with van der Waals surface area (Å²) >= 11 is 3.87. The van der Waals surface area contributed by atoms with Crippen LogP contribution < -0.4 is 21.7 Å². The molecule has 0 radical (unpaired) electrons. The van der Waals surface area contributed by atoms with Gasteiger partial charge >= 0.3 is 5.97 Å². The van der Waals surface area contributed by atoms with Crippen LogP contribution in [0.3, 0.4) is 0 Å². The summed E-state index contributed by atoms with van der Waals surface area (Å²) in [6.07, 6.45) is 0. The molecule has 0 aliphatic heterocycles. The van der Waals surface area contributed by atoms with E-state index >= 15 is 0 Å². The first kappa shape index (κ1) is 21.2. The van der Waals surface area contributed by atoms with Crippen LogP contribution in [0.2, 0.25) is 0 Å². The minimum atomic E-state index is -1.15. The largest absolute Gasteiger partial charge is 0.480 e. The Morgan fingerprint density at radius 3 is 2.09 bits per heavy atom. The lowest BCUT2D eigenvalue weighted by molar-refractivity contribution is -0.143. The molecule has 3 amide bonds. The molecule has 0 saturated heterocycles. The number of hydrogen-bond donors (Lipinski definition) is 6. The van der Waals surface area contributed by atoms with Crippen molar-refractivity contribution in [2.75, 3.05) is 12.3 Å². The van der Waals surface area contributed by atoms with Gasteiger partial charge in [0.15, 0.2) is 0 Å². The van der Waals surface area contributed by atoms with Crippen molar-refractivity contribution in [3.8, 4) is 0 Å². The molecule has 0 aromatic heterocycles. The average molecular weight is 348 g/mol. The van der Waals surface area contributed by atoms with E-state index in [0.29, 0.717) is 0 Å². The van der Waals surface area contributed by atoms with Crippen LogP contribution in [0.25, 0.3) is 0 Å². The van der Waals surface area contributed by atoms with Gasteiger partial charge < -0.3 is 26.8 Å². The number of nitrogens with two attached hydrogens (primary N) is 1. The Labute approximate surface area is 140 Å². The van der Waals surface area contributed by atoms with E-state index in [1.54, 1.807) is 13.8 Å². The topological polar surface area (TPSA) is 151 Å². The smallest absolute Gasteiger partial charge is 0.326 e. The molecule has 0 heterocycles. The van der Waals surface area contributed by atoms with Crippen LogP contribution >= 0.6 is 12.6 Å². The molecule has 0 spiro atoms. The highest BCUT2D eigenvalue weighted by molar-refractivity contribution is 7.80. The SMILES string of the molecule is CC(NC(=O)C(N)CS)C(=O)NCC(=O)NC(C(=O)O)C(C)C. The molecule has 0 rings (SSSR count). The molecule has 9 nitrogen and oxygen atoms in total. The third-order valence-corrected chi connectivity index (χ3v) is 3.35. The van der Waals surface area contributed by atoms with Crippen LogP contribution in [0.5, 0.6) is 0 Å². The fourth-order valence-electron chi connectivity index (χ4n) is 1.53. The number of rotatable bonds is 9. The molecule has 10 heteroatoms. The van der Waals surface area contributed by atoms with E-state index < -0.39 is 48.4 Å². The highest BCUT2D eigenvalue weighted by Gasteiger charge is 2.24. The number of carbonyl (C=O) groups excluding carboxylic acids is 3. The van der Waals surface area contributed by atoms with Crippen molar-refractivity contribution in [1.29, 1.82) is 0 Å². The maximum absolute atomic E-state index is 11.8. The molecule has 0 saturated carbocycles. The fourth-order valence-corrected chi connectivity index (χ4v) is 1.69. The Bertz CT molecular complexity index is 458. The van der Waals surface area contributed by atoms with Gasteiger partial charge in [-0.15, -0.1) is 0 Å². The minimum Gasteiger partial charge on any atom is -0.480 e. The van der Waals surface area contributed by atoms with E-state index in [1.165, 1.54) is 6.92 Å². The molecular weight excluding hydrogens is 324 g/mol. The number of nitrogens with one attached hydrogen (secondary N) is 3. The van der Waals surface area contributed by atoms with Crippen LogP contribution in [-0.4, -0.2) is 59.2 Å². The van der Waals surface area contributed by atoms with Crippen molar-refractivity contribution in [2.45, 2.75) is 38.9 Å². The van der Waals surface area contributed by atoms with Gasteiger partial charge in [0.25, 0.3) is 0 Å². The third kappa shape index (κ3) is 7.84. The number of carboxylic acids is 1. The molecular formula is C13H24N4O5S. The van der Waals surface area contributed by atoms with Crippen LogP contribution in [0, 0.1) is 5.92 Å². The Balaban J connectivity index is 4.34. The Kier molecular flexibility index (Phi) is 9.27. The van der Waals surface area contributed by atoms with Crippen molar-refractivity contribution in [1.82, 2.24) is 16.0 Å². The molecule has 0 aromatic rings. The van der Waals surface area contributed by atoms with Crippen molar-refractivity contribution < 1.29 is 24.3 Å². The molecule has 0 aromatic carbocycles. The van der Waals surface area contributed by atoms with Gasteiger partial charge in [-0.05, 0) is 12.8 Å². The van der Waals surface area contributed by atoms with E-state index in [1.807, 2.05) is 0 Å². The van der Waals surface area contributed by atoms with Crippen molar-refractivity contribution in [2.24, 2.45) is 11.7 Å². The molecule has 3 atom stereocenters. The van der Waals surface area contributed by atoms with E-state index in [4.69, 9.17) is 10.8 Å². The maximum atomic E-state index is 11.8. The van der Waals surface area contributed by atoms with E-state index in [0.717, 1.165) is 0 Å². The zero-order chi connectivity index (χ0) is 18.2. The van der Waals surface area contributed by atoms with E-state index in [2.05, 4.69) is 28.6 Å². The summed E-state index contributed by atoms with van der Waals surface area (Å²) in [5.41, 5.74) is 5.46. The van der Waals surface area contributed by atoms with Gasteiger partial charge in [0.1, 0.15) is 12.1 Å². The Hall–Kier alpha value is -1.81. The molecule has 0 fully saturated rings. The predicted octanol–water partition coefficient (Wildman–Crippen LogP) is -1.91. The summed E-state index contributed by atoms with van der Waals surface area (Å²) in [4.78, 5) is 45.9. The normalized spacial score (nSPS) is 14.5. The summed E-state index contributed by atoms with van der Waals surface area (Å²) in [7, 11) is 0. The van der Waals surface area contributed by atoms with Gasteiger partial charge in [-0.3, -0.25) is 14.4 Å². The van der Waals surface area contributed by atoms with Gasteiger partial charge in [-0.25, -0.2) is 4.79 Å². The quantitative estimate of drug-likeness (QED) is 0.268. The monoisotopic (exact) mass is 348 g/mol. The lowest BCUT2D eigenvalue weighted by Crippen LogP contribution is -2.53. The number of carbonyl (C=O) groups is 4. The van der Waals surface area contributed by atoms with Gasteiger partial charge in [0, 0.05) is 5.75 Å². The number of amides is 3. The second-order valence-electron chi connectivity index (χ2n) is 5.36. The van der Waals surface area contributed by atoms with Crippen LogP contribution in [0.15, 0.2) is 0 Å². The van der Waals surface area contributed by atoms with Gasteiger partial charge in [-0.2, -0.15) is 12.6 Å². The molecule has 6 N–H and O–H groups in total. The van der Waals surface area contributed by atoms with Crippen LogP contribution in [0.4, 0.5) is 0 Å². The van der Waals surface area contributed by atoms with Crippen LogP contribution in [-0.2, 0) is 19.2 Å². The second kappa shape index (κ2) is 10.1. The van der Waals surface area contributed by atoms with Gasteiger partial charge in [-0.1, -0.05) is 13.8 Å².